The SMILES string of the molecule is COc1ccc(CC(N)c2cnc(C)[nH]2)cc1. The van der Waals surface area contributed by atoms with Crippen molar-refractivity contribution in [1.29, 1.82) is 0 Å². The minimum absolute atomic E-state index is 0.0513. The van der Waals surface area contributed by atoms with Gasteiger partial charge in [-0.05, 0) is 31.0 Å². The van der Waals surface area contributed by atoms with Gasteiger partial charge in [0.15, 0.2) is 0 Å². The molecule has 1 aromatic carbocycles. The minimum atomic E-state index is -0.0513. The monoisotopic (exact) mass is 231 g/mol. The Morgan fingerprint density at radius 2 is 2.06 bits per heavy atom. The number of H-pyrrole nitrogens is 1. The van der Waals surface area contributed by atoms with E-state index in [1.165, 1.54) is 5.56 Å². The minimum Gasteiger partial charge on any atom is -0.497 e. The van der Waals surface area contributed by atoms with Gasteiger partial charge in [-0.1, -0.05) is 12.1 Å². The van der Waals surface area contributed by atoms with Crippen LogP contribution in [-0.2, 0) is 6.42 Å². The number of aryl methyl sites for hydroxylation is 1. The Labute approximate surface area is 101 Å². The Kier molecular flexibility index (Phi) is 3.44. The highest BCUT2D eigenvalue weighted by Crippen LogP contribution is 2.17. The molecule has 2 rings (SSSR count). The van der Waals surface area contributed by atoms with Gasteiger partial charge in [-0.25, -0.2) is 4.98 Å². The number of aromatic amines is 1. The average molecular weight is 231 g/mol. The molecule has 1 atom stereocenters. The van der Waals surface area contributed by atoms with Crippen molar-refractivity contribution in [2.24, 2.45) is 5.73 Å². The fourth-order valence-electron chi connectivity index (χ4n) is 1.75. The van der Waals surface area contributed by atoms with E-state index in [-0.39, 0.29) is 6.04 Å². The van der Waals surface area contributed by atoms with E-state index in [9.17, 15) is 0 Å². The molecule has 3 N–H and O–H groups in total. The highest BCUT2D eigenvalue weighted by molar-refractivity contribution is 5.28. The Bertz CT molecular complexity index is 476. The lowest BCUT2D eigenvalue weighted by molar-refractivity contribution is 0.414. The summed E-state index contributed by atoms with van der Waals surface area (Å²) < 4.78 is 5.11. The summed E-state index contributed by atoms with van der Waals surface area (Å²) in [5, 5.41) is 0. The van der Waals surface area contributed by atoms with Crippen LogP contribution in [-0.4, -0.2) is 17.1 Å². The van der Waals surface area contributed by atoms with Crippen molar-refractivity contribution < 1.29 is 4.74 Å². The highest BCUT2D eigenvalue weighted by atomic mass is 16.5. The van der Waals surface area contributed by atoms with E-state index in [1.807, 2.05) is 31.2 Å². The number of imidazole rings is 1. The molecule has 90 valence electrons. The molecule has 4 heteroatoms. The summed E-state index contributed by atoms with van der Waals surface area (Å²) in [7, 11) is 1.66. The molecule has 0 radical (unpaired) electrons. The molecule has 0 spiro atoms. The number of nitrogens with zero attached hydrogens (tertiary/aromatic N) is 1. The van der Waals surface area contributed by atoms with Gasteiger partial charge < -0.3 is 15.5 Å². The Morgan fingerprint density at radius 3 is 2.59 bits per heavy atom. The molecule has 4 nitrogen and oxygen atoms in total. The van der Waals surface area contributed by atoms with E-state index in [0.717, 1.165) is 23.7 Å². The van der Waals surface area contributed by atoms with Crippen molar-refractivity contribution >= 4 is 0 Å². The van der Waals surface area contributed by atoms with E-state index in [4.69, 9.17) is 10.5 Å². The number of hydrogen-bond acceptors (Lipinski definition) is 3. The van der Waals surface area contributed by atoms with Crippen molar-refractivity contribution in [2.45, 2.75) is 19.4 Å². The van der Waals surface area contributed by atoms with Gasteiger partial charge in [-0.15, -0.1) is 0 Å². The normalized spacial score (nSPS) is 12.4. The molecule has 17 heavy (non-hydrogen) atoms. The van der Waals surface area contributed by atoms with Crippen molar-refractivity contribution in [2.75, 3.05) is 7.11 Å². The van der Waals surface area contributed by atoms with Crippen LogP contribution in [0.1, 0.15) is 23.1 Å². The van der Waals surface area contributed by atoms with Crippen LogP contribution >= 0.6 is 0 Å². The number of aromatic nitrogens is 2. The Hall–Kier alpha value is -1.81. The zero-order valence-electron chi connectivity index (χ0n) is 10.1. The predicted molar refractivity (Wildman–Crippen MR) is 67.0 cm³/mol. The van der Waals surface area contributed by atoms with E-state index < -0.39 is 0 Å². The Balaban J connectivity index is 2.04. The van der Waals surface area contributed by atoms with Crippen LogP contribution in [0.5, 0.6) is 5.75 Å². The van der Waals surface area contributed by atoms with Gasteiger partial charge in [-0.2, -0.15) is 0 Å². The van der Waals surface area contributed by atoms with E-state index in [2.05, 4.69) is 9.97 Å². The first-order valence-electron chi connectivity index (χ1n) is 5.59. The molecule has 1 aromatic heterocycles. The Morgan fingerprint density at radius 1 is 1.35 bits per heavy atom. The third-order valence-electron chi connectivity index (χ3n) is 2.74. The van der Waals surface area contributed by atoms with Gasteiger partial charge in [0, 0.05) is 6.20 Å². The second-order valence-electron chi connectivity index (χ2n) is 4.08. The number of ether oxygens (including phenoxy) is 1. The van der Waals surface area contributed by atoms with Crippen LogP contribution in [0.4, 0.5) is 0 Å². The van der Waals surface area contributed by atoms with Crippen molar-refractivity contribution in [3.63, 3.8) is 0 Å². The number of nitrogens with two attached hydrogens (primary N) is 1. The van der Waals surface area contributed by atoms with Crippen LogP contribution in [0.25, 0.3) is 0 Å². The summed E-state index contributed by atoms with van der Waals surface area (Å²) in [6.45, 7) is 1.92. The first-order chi connectivity index (χ1) is 8.19. The molecule has 0 aliphatic rings. The first-order valence-corrected chi connectivity index (χ1v) is 5.59. The zero-order valence-corrected chi connectivity index (χ0v) is 10.1. The van der Waals surface area contributed by atoms with Crippen LogP contribution in [0.2, 0.25) is 0 Å². The zero-order chi connectivity index (χ0) is 12.3. The number of rotatable bonds is 4. The van der Waals surface area contributed by atoms with Crippen LogP contribution in [0.15, 0.2) is 30.5 Å². The third-order valence-corrected chi connectivity index (χ3v) is 2.74. The number of hydrogen-bond donors (Lipinski definition) is 2. The van der Waals surface area contributed by atoms with Crippen molar-refractivity contribution in [3.05, 3.63) is 47.5 Å². The molecule has 0 saturated carbocycles. The molecule has 0 aliphatic carbocycles. The summed E-state index contributed by atoms with van der Waals surface area (Å²) in [5.41, 5.74) is 8.26. The molecular formula is C13H17N3O. The lowest BCUT2D eigenvalue weighted by Gasteiger charge is -2.10. The molecule has 0 aliphatic heterocycles. The second kappa shape index (κ2) is 5.01. The molecule has 1 unspecified atom stereocenters. The molecule has 2 aromatic rings. The predicted octanol–water partition coefficient (Wildman–Crippen LogP) is 1.97. The second-order valence-corrected chi connectivity index (χ2v) is 4.08. The van der Waals surface area contributed by atoms with Gasteiger partial charge in [0.25, 0.3) is 0 Å². The quantitative estimate of drug-likeness (QED) is 0.845. The van der Waals surface area contributed by atoms with Gasteiger partial charge in [0.2, 0.25) is 0 Å². The summed E-state index contributed by atoms with van der Waals surface area (Å²) in [5.74, 6) is 1.75. The average Bonchev–Trinajstić information content (AvgIpc) is 2.77. The number of methoxy groups -OCH3 is 1. The van der Waals surface area contributed by atoms with E-state index in [1.54, 1.807) is 13.3 Å². The largest absolute Gasteiger partial charge is 0.497 e. The molecule has 0 saturated heterocycles. The summed E-state index contributed by atoms with van der Waals surface area (Å²) in [4.78, 5) is 7.31. The molecule has 0 amide bonds. The lowest BCUT2D eigenvalue weighted by atomic mass is 10.0. The van der Waals surface area contributed by atoms with Crippen LogP contribution in [0.3, 0.4) is 0 Å². The first kappa shape index (κ1) is 11.7. The van der Waals surface area contributed by atoms with Crippen molar-refractivity contribution in [1.82, 2.24) is 9.97 Å². The van der Waals surface area contributed by atoms with E-state index in [0.29, 0.717) is 0 Å². The van der Waals surface area contributed by atoms with E-state index >= 15 is 0 Å². The van der Waals surface area contributed by atoms with Crippen molar-refractivity contribution in [3.8, 4) is 5.75 Å². The standard InChI is InChI=1S/C13H17N3O/c1-9-15-8-13(16-9)12(14)7-10-3-5-11(17-2)6-4-10/h3-6,8,12H,7,14H2,1-2H3,(H,15,16). The smallest absolute Gasteiger partial charge is 0.118 e. The van der Waals surface area contributed by atoms with Crippen LogP contribution < -0.4 is 10.5 Å². The fourth-order valence-corrected chi connectivity index (χ4v) is 1.75. The third kappa shape index (κ3) is 2.85. The maximum atomic E-state index is 6.11. The molecule has 0 bridgehead atoms. The molecule has 0 fully saturated rings. The number of benzene rings is 1. The van der Waals surface area contributed by atoms with Crippen LogP contribution in [0, 0.1) is 6.92 Å². The van der Waals surface area contributed by atoms with Gasteiger partial charge in [-0.3, -0.25) is 0 Å². The fraction of sp³-hybridized carbons (Fsp3) is 0.308. The van der Waals surface area contributed by atoms with Gasteiger partial charge >= 0.3 is 0 Å². The number of nitrogens with one attached hydrogen (secondary N) is 1. The highest BCUT2D eigenvalue weighted by Gasteiger charge is 2.09. The maximum Gasteiger partial charge on any atom is 0.118 e. The summed E-state index contributed by atoms with van der Waals surface area (Å²) in [6, 6.07) is 7.90. The van der Waals surface area contributed by atoms with Gasteiger partial charge in [0.05, 0.1) is 18.8 Å². The van der Waals surface area contributed by atoms with Gasteiger partial charge in [0.1, 0.15) is 11.6 Å². The molecular weight excluding hydrogens is 214 g/mol. The topological polar surface area (TPSA) is 63.9 Å². The maximum absolute atomic E-state index is 6.11. The lowest BCUT2D eigenvalue weighted by Crippen LogP contribution is -2.13. The molecule has 1 heterocycles. The summed E-state index contributed by atoms with van der Waals surface area (Å²) >= 11 is 0. The summed E-state index contributed by atoms with van der Waals surface area (Å²) in [6.07, 6.45) is 2.58.